The summed E-state index contributed by atoms with van der Waals surface area (Å²) in [4.78, 5) is 0. The maximum absolute atomic E-state index is 14.9. The molecule has 0 aliphatic heterocycles. The average molecular weight is 441 g/mol. The second kappa shape index (κ2) is 11.8. The fourth-order valence-electron chi connectivity index (χ4n) is 3.75. The van der Waals surface area contributed by atoms with Crippen LogP contribution in [0.1, 0.15) is 57.9 Å². The summed E-state index contributed by atoms with van der Waals surface area (Å²) in [5.41, 5.74) is 2.73. The van der Waals surface area contributed by atoms with Crippen molar-refractivity contribution in [1.29, 1.82) is 0 Å². The Labute approximate surface area is 189 Å². The zero-order valence-electron chi connectivity index (χ0n) is 18.9. The van der Waals surface area contributed by atoms with Gasteiger partial charge in [0.2, 0.25) is 5.82 Å². The molecule has 0 N–H and O–H groups in total. The van der Waals surface area contributed by atoms with E-state index in [9.17, 15) is 13.2 Å². The molecular formula is C28H31F3O. The van der Waals surface area contributed by atoms with Gasteiger partial charge in [-0.05, 0) is 54.2 Å². The van der Waals surface area contributed by atoms with Gasteiger partial charge >= 0.3 is 0 Å². The predicted octanol–water partition coefficient (Wildman–Crippen LogP) is 8.74. The highest BCUT2D eigenvalue weighted by atomic mass is 19.2. The van der Waals surface area contributed by atoms with E-state index in [1.165, 1.54) is 36.6 Å². The monoisotopic (exact) mass is 440 g/mol. The van der Waals surface area contributed by atoms with E-state index in [1.807, 2.05) is 24.3 Å². The molecule has 3 aromatic carbocycles. The first-order chi connectivity index (χ1) is 15.5. The first-order valence-electron chi connectivity index (χ1n) is 11.5. The van der Waals surface area contributed by atoms with Gasteiger partial charge in [0.15, 0.2) is 11.6 Å². The van der Waals surface area contributed by atoms with Crippen LogP contribution >= 0.6 is 0 Å². The fraction of sp³-hybridized carbons (Fsp3) is 0.357. The van der Waals surface area contributed by atoms with E-state index in [-0.39, 0.29) is 16.9 Å². The van der Waals surface area contributed by atoms with Gasteiger partial charge < -0.3 is 4.74 Å². The standard InChI is InChI=1S/C28H31F3O/c1-3-5-7-9-20-10-12-21(13-11-20)23-15-14-22(19-25(23)29)24-16-17-26(28(31)27(24)30)32-18-8-6-4-2/h10-17,19H,3-9,18H2,1-2H3. The van der Waals surface area contributed by atoms with Crippen molar-refractivity contribution in [2.75, 3.05) is 6.61 Å². The smallest absolute Gasteiger partial charge is 0.201 e. The van der Waals surface area contributed by atoms with Crippen molar-refractivity contribution < 1.29 is 17.9 Å². The predicted molar refractivity (Wildman–Crippen MR) is 125 cm³/mol. The summed E-state index contributed by atoms with van der Waals surface area (Å²) in [5, 5.41) is 0. The summed E-state index contributed by atoms with van der Waals surface area (Å²) in [6.07, 6.45) is 7.29. The molecule has 3 rings (SSSR count). The van der Waals surface area contributed by atoms with E-state index in [0.717, 1.165) is 37.7 Å². The van der Waals surface area contributed by atoms with Gasteiger partial charge in [-0.2, -0.15) is 4.39 Å². The van der Waals surface area contributed by atoms with Gasteiger partial charge in [0, 0.05) is 11.1 Å². The van der Waals surface area contributed by atoms with E-state index in [1.54, 1.807) is 12.1 Å². The summed E-state index contributed by atoms with van der Waals surface area (Å²) in [7, 11) is 0. The minimum absolute atomic E-state index is 0.0140. The topological polar surface area (TPSA) is 9.23 Å². The highest BCUT2D eigenvalue weighted by Gasteiger charge is 2.17. The number of aryl methyl sites for hydroxylation is 1. The lowest BCUT2D eigenvalue weighted by Gasteiger charge is -2.12. The van der Waals surface area contributed by atoms with Gasteiger partial charge in [0.05, 0.1) is 6.61 Å². The second-order valence-corrected chi connectivity index (χ2v) is 8.14. The van der Waals surface area contributed by atoms with Crippen molar-refractivity contribution in [3.05, 3.63) is 77.6 Å². The Morgan fingerprint density at radius 2 is 1.31 bits per heavy atom. The molecule has 170 valence electrons. The lowest BCUT2D eigenvalue weighted by atomic mass is 9.97. The van der Waals surface area contributed by atoms with Crippen molar-refractivity contribution in [3.63, 3.8) is 0 Å². The van der Waals surface area contributed by atoms with Crippen LogP contribution < -0.4 is 4.74 Å². The molecule has 0 amide bonds. The Morgan fingerprint density at radius 1 is 0.656 bits per heavy atom. The Bertz CT molecular complexity index is 1010. The van der Waals surface area contributed by atoms with Crippen LogP contribution in [0.2, 0.25) is 0 Å². The van der Waals surface area contributed by atoms with Crippen molar-refractivity contribution >= 4 is 0 Å². The molecule has 0 bridgehead atoms. The van der Waals surface area contributed by atoms with Gasteiger partial charge in [0.1, 0.15) is 5.82 Å². The number of unbranched alkanes of at least 4 members (excludes halogenated alkanes) is 4. The Kier molecular flexibility index (Phi) is 8.78. The number of benzene rings is 3. The number of hydrogen-bond acceptors (Lipinski definition) is 1. The van der Waals surface area contributed by atoms with Crippen LogP contribution in [0.25, 0.3) is 22.3 Å². The zero-order chi connectivity index (χ0) is 22.9. The summed E-state index contributed by atoms with van der Waals surface area (Å²) in [6.45, 7) is 4.57. The zero-order valence-corrected chi connectivity index (χ0v) is 18.9. The van der Waals surface area contributed by atoms with Crippen molar-refractivity contribution in [1.82, 2.24) is 0 Å². The number of ether oxygens (including phenoxy) is 1. The number of halogens is 3. The summed E-state index contributed by atoms with van der Waals surface area (Å²) < 4.78 is 49.4. The molecule has 0 aliphatic carbocycles. The van der Waals surface area contributed by atoms with Crippen molar-refractivity contribution in [2.45, 2.75) is 58.8 Å². The molecule has 32 heavy (non-hydrogen) atoms. The SMILES string of the molecule is CCCCCOc1ccc(-c2ccc(-c3ccc(CCCCC)cc3)c(F)c2)c(F)c1F. The van der Waals surface area contributed by atoms with E-state index in [4.69, 9.17) is 4.74 Å². The van der Waals surface area contributed by atoms with Crippen molar-refractivity contribution in [3.8, 4) is 28.0 Å². The molecule has 0 saturated heterocycles. The van der Waals surface area contributed by atoms with Gasteiger partial charge in [0.25, 0.3) is 0 Å². The Balaban J connectivity index is 1.77. The molecular weight excluding hydrogens is 409 g/mol. The molecule has 0 aliphatic rings. The normalized spacial score (nSPS) is 11.0. The third kappa shape index (κ3) is 5.93. The van der Waals surface area contributed by atoms with Crippen LogP contribution in [0.4, 0.5) is 13.2 Å². The molecule has 0 spiro atoms. The van der Waals surface area contributed by atoms with Gasteiger partial charge in [-0.25, -0.2) is 8.78 Å². The molecule has 0 heterocycles. The summed E-state index contributed by atoms with van der Waals surface area (Å²) in [6, 6.07) is 15.2. The van der Waals surface area contributed by atoms with Gasteiger partial charge in [-0.3, -0.25) is 0 Å². The van der Waals surface area contributed by atoms with E-state index in [0.29, 0.717) is 12.2 Å². The van der Waals surface area contributed by atoms with Crippen molar-refractivity contribution in [2.24, 2.45) is 0 Å². The van der Waals surface area contributed by atoms with Crippen LogP contribution in [0.3, 0.4) is 0 Å². The highest BCUT2D eigenvalue weighted by molar-refractivity contribution is 5.72. The molecule has 0 radical (unpaired) electrons. The van der Waals surface area contributed by atoms with Crippen LogP contribution in [-0.4, -0.2) is 6.61 Å². The largest absolute Gasteiger partial charge is 0.490 e. The molecule has 0 aromatic heterocycles. The fourth-order valence-corrected chi connectivity index (χ4v) is 3.75. The van der Waals surface area contributed by atoms with E-state index < -0.39 is 17.5 Å². The summed E-state index contributed by atoms with van der Waals surface area (Å²) >= 11 is 0. The van der Waals surface area contributed by atoms with Gasteiger partial charge in [-0.15, -0.1) is 0 Å². The Hall–Kier alpha value is -2.75. The third-order valence-electron chi connectivity index (χ3n) is 5.67. The van der Waals surface area contributed by atoms with E-state index >= 15 is 0 Å². The second-order valence-electron chi connectivity index (χ2n) is 8.14. The number of rotatable bonds is 11. The molecule has 0 atom stereocenters. The lowest BCUT2D eigenvalue weighted by molar-refractivity contribution is 0.286. The molecule has 0 fully saturated rings. The van der Waals surface area contributed by atoms with Crippen LogP contribution in [0.15, 0.2) is 54.6 Å². The molecule has 1 nitrogen and oxygen atoms in total. The van der Waals surface area contributed by atoms with Crippen LogP contribution in [0, 0.1) is 17.5 Å². The maximum Gasteiger partial charge on any atom is 0.201 e. The molecule has 3 aromatic rings. The highest BCUT2D eigenvalue weighted by Crippen LogP contribution is 2.33. The minimum atomic E-state index is -1.04. The molecule has 0 unspecified atom stereocenters. The quantitative estimate of drug-likeness (QED) is 0.271. The summed E-state index contributed by atoms with van der Waals surface area (Å²) in [5.74, 6) is -2.65. The van der Waals surface area contributed by atoms with Crippen LogP contribution in [0.5, 0.6) is 5.75 Å². The average Bonchev–Trinajstić information content (AvgIpc) is 2.80. The number of hydrogen-bond donors (Lipinski definition) is 0. The van der Waals surface area contributed by atoms with Gasteiger partial charge in [-0.1, -0.05) is 75.9 Å². The molecule has 0 saturated carbocycles. The maximum atomic E-state index is 14.9. The lowest BCUT2D eigenvalue weighted by Crippen LogP contribution is -2.01. The third-order valence-corrected chi connectivity index (χ3v) is 5.67. The van der Waals surface area contributed by atoms with Crippen LogP contribution in [-0.2, 0) is 6.42 Å². The van der Waals surface area contributed by atoms with E-state index in [2.05, 4.69) is 13.8 Å². The minimum Gasteiger partial charge on any atom is -0.490 e. The first kappa shape index (κ1) is 23.9. The molecule has 4 heteroatoms. The Morgan fingerprint density at radius 3 is 2.00 bits per heavy atom. The first-order valence-corrected chi connectivity index (χ1v) is 11.5.